The molecule has 1 atom stereocenters. The number of hydrogen-bond donors (Lipinski definition) is 0. The average Bonchev–Trinajstić information content (AvgIpc) is 1.95. The van der Waals surface area contributed by atoms with Crippen molar-refractivity contribution < 1.29 is 9.53 Å². The second-order valence-corrected chi connectivity index (χ2v) is 3.51. The highest BCUT2D eigenvalue weighted by molar-refractivity contribution is 5.69. The predicted octanol–water partition coefficient (Wildman–Crippen LogP) is 1.38. The third kappa shape index (κ3) is 2.81. The van der Waals surface area contributed by atoms with Gasteiger partial charge in [-0.3, -0.25) is 9.69 Å². The van der Waals surface area contributed by atoms with Crippen molar-refractivity contribution in [2.75, 3.05) is 14.1 Å². The van der Waals surface area contributed by atoms with Crippen molar-refractivity contribution in [2.45, 2.75) is 38.3 Å². The molecule has 3 nitrogen and oxygen atoms in total. The summed E-state index contributed by atoms with van der Waals surface area (Å²) in [7, 11) is 3.89. The van der Waals surface area contributed by atoms with Gasteiger partial charge in [-0.25, -0.2) is 0 Å². The zero-order valence-electron chi connectivity index (χ0n) is 7.88. The van der Waals surface area contributed by atoms with Crippen LogP contribution in [0.1, 0.15) is 32.1 Å². The summed E-state index contributed by atoms with van der Waals surface area (Å²) in [5, 5.41) is 0. The SMILES string of the molecule is CN(C)C1CCCCCC(=O)O1. The van der Waals surface area contributed by atoms with Crippen molar-refractivity contribution in [2.24, 2.45) is 0 Å². The Hall–Kier alpha value is -0.570. The van der Waals surface area contributed by atoms with Crippen molar-refractivity contribution in [3.05, 3.63) is 0 Å². The van der Waals surface area contributed by atoms with Crippen LogP contribution in [-0.4, -0.2) is 31.2 Å². The molecule has 3 heteroatoms. The molecule has 0 saturated carbocycles. The number of carbonyl (C=O) groups is 1. The van der Waals surface area contributed by atoms with Gasteiger partial charge in [0.15, 0.2) is 6.23 Å². The third-order valence-corrected chi connectivity index (χ3v) is 2.18. The van der Waals surface area contributed by atoms with Crippen LogP contribution in [0.4, 0.5) is 0 Å². The van der Waals surface area contributed by atoms with Gasteiger partial charge in [0.2, 0.25) is 0 Å². The van der Waals surface area contributed by atoms with E-state index in [1.54, 1.807) is 0 Å². The molecule has 12 heavy (non-hydrogen) atoms. The van der Waals surface area contributed by atoms with Gasteiger partial charge in [-0.15, -0.1) is 0 Å². The Morgan fingerprint density at radius 3 is 2.75 bits per heavy atom. The van der Waals surface area contributed by atoms with Gasteiger partial charge in [0.05, 0.1) is 0 Å². The maximum atomic E-state index is 11.1. The molecule has 0 aliphatic carbocycles. The maximum absolute atomic E-state index is 11.1. The second-order valence-electron chi connectivity index (χ2n) is 3.51. The Bertz CT molecular complexity index is 157. The van der Waals surface area contributed by atoms with Crippen molar-refractivity contribution in [1.82, 2.24) is 4.90 Å². The molecule has 1 saturated heterocycles. The molecule has 0 bridgehead atoms. The van der Waals surface area contributed by atoms with Crippen LogP contribution in [0.25, 0.3) is 0 Å². The van der Waals surface area contributed by atoms with Gasteiger partial charge in [0.25, 0.3) is 0 Å². The summed E-state index contributed by atoms with van der Waals surface area (Å²) in [6.07, 6.45) is 4.86. The molecule has 0 aromatic carbocycles. The van der Waals surface area contributed by atoms with Gasteiger partial charge in [-0.2, -0.15) is 0 Å². The van der Waals surface area contributed by atoms with Crippen LogP contribution in [0, 0.1) is 0 Å². The van der Waals surface area contributed by atoms with E-state index in [1.807, 2.05) is 19.0 Å². The summed E-state index contributed by atoms with van der Waals surface area (Å²) in [4.78, 5) is 13.1. The molecule has 70 valence electrons. The zero-order chi connectivity index (χ0) is 8.97. The number of ether oxygens (including phenoxy) is 1. The molecule has 1 fully saturated rings. The van der Waals surface area contributed by atoms with Crippen LogP contribution in [-0.2, 0) is 9.53 Å². The highest BCUT2D eigenvalue weighted by Crippen LogP contribution is 2.15. The van der Waals surface area contributed by atoms with Gasteiger partial charge in [-0.1, -0.05) is 6.42 Å². The molecular weight excluding hydrogens is 154 g/mol. The van der Waals surface area contributed by atoms with Gasteiger partial charge in [0, 0.05) is 6.42 Å². The fraction of sp³-hybridized carbons (Fsp3) is 0.889. The van der Waals surface area contributed by atoms with Gasteiger partial charge in [-0.05, 0) is 33.4 Å². The minimum Gasteiger partial charge on any atom is -0.446 e. The van der Waals surface area contributed by atoms with E-state index in [9.17, 15) is 4.79 Å². The summed E-state index contributed by atoms with van der Waals surface area (Å²) in [5.74, 6) is -0.0478. The topological polar surface area (TPSA) is 29.5 Å². The summed E-state index contributed by atoms with van der Waals surface area (Å²) in [6.45, 7) is 0. The van der Waals surface area contributed by atoms with E-state index >= 15 is 0 Å². The third-order valence-electron chi connectivity index (χ3n) is 2.18. The van der Waals surface area contributed by atoms with Crippen molar-refractivity contribution in [3.8, 4) is 0 Å². The molecule has 0 spiro atoms. The number of rotatable bonds is 1. The van der Waals surface area contributed by atoms with Crippen molar-refractivity contribution in [1.29, 1.82) is 0 Å². The first kappa shape index (κ1) is 9.52. The quantitative estimate of drug-likeness (QED) is 0.558. The van der Waals surface area contributed by atoms with Crippen LogP contribution in [0.5, 0.6) is 0 Å². The fourth-order valence-corrected chi connectivity index (χ4v) is 1.40. The lowest BCUT2D eigenvalue weighted by molar-refractivity contribution is -0.158. The van der Waals surface area contributed by atoms with Crippen LogP contribution in [0.3, 0.4) is 0 Å². The van der Waals surface area contributed by atoms with Crippen LogP contribution in [0.2, 0.25) is 0 Å². The highest BCUT2D eigenvalue weighted by atomic mass is 16.6. The van der Waals surface area contributed by atoms with Gasteiger partial charge in [0.1, 0.15) is 0 Å². The first-order chi connectivity index (χ1) is 5.70. The predicted molar refractivity (Wildman–Crippen MR) is 46.7 cm³/mol. The highest BCUT2D eigenvalue weighted by Gasteiger charge is 2.18. The Kier molecular flexibility index (Phi) is 3.53. The largest absolute Gasteiger partial charge is 0.446 e. The fourth-order valence-electron chi connectivity index (χ4n) is 1.40. The standard InChI is InChI=1S/C9H17NO2/c1-10(2)8-6-4-3-5-7-9(11)12-8/h8H,3-7H2,1-2H3. The van der Waals surface area contributed by atoms with Crippen LogP contribution in [0.15, 0.2) is 0 Å². The maximum Gasteiger partial charge on any atom is 0.307 e. The molecule has 1 aliphatic rings. The Labute approximate surface area is 73.7 Å². The first-order valence-corrected chi connectivity index (χ1v) is 4.56. The van der Waals surface area contributed by atoms with E-state index in [0.29, 0.717) is 6.42 Å². The molecule has 0 N–H and O–H groups in total. The molecule has 0 aromatic rings. The monoisotopic (exact) mass is 171 g/mol. The Morgan fingerprint density at radius 1 is 1.33 bits per heavy atom. The summed E-state index contributed by atoms with van der Waals surface area (Å²) < 4.78 is 5.24. The smallest absolute Gasteiger partial charge is 0.307 e. The normalized spacial score (nSPS) is 26.2. The number of cyclic esters (lactones) is 1. The first-order valence-electron chi connectivity index (χ1n) is 4.56. The van der Waals surface area contributed by atoms with E-state index in [-0.39, 0.29) is 12.2 Å². The average molecular weight is 171 g/mol. The second kappa shape index (κ2) is 4.45. The lowest BCUT2D eigenvalue weighted by Crippen LogP contribution is -2.33. The number of nitrogens with zero attached hydrogens (tertiary/aromatic N) is 1. The zero-order valence-corrected chi connectivity index (χ0v) is 7.88. The molecule has 0 aromatic heterocycles. The van der Waals surface area contributed by atoms with Crippen LogP contribution < -0.4 is 0 Å². The number of carbonyl (C=O) groups excluding carboxylic acids is 1. The van der Waals surface area contributed by atoms with E-state index in [1.165, 1.54) is 0 Å². The van der Waals surface area contributed by atoms with Crippen molar-refractivity contribution in [3.63, 3.8) is 0 Å². The number of hydrogen-bond acceptors (Lipinski definition) is 3. The molecule has 1 heterocycles. The van der Waals surface area contributed by atoms with Gasteiger partial charge < -0.3 is 4.74 Å². The Morgan fingerprint density at radius 2 is 2.08 bits per heavy atom. The molecule has 0 radical (unpaired) electrons. The summed E-state index contributed by atoms with van der Waals surface area (Å²) in [6, 6.07) is 0. The summed E-state index contributed by atoms with van der Waals surface area (Å²) in [5.41, 5.74) is 0. The van der Waals surface area contributed by atoms with E-state index < -0.39 is 0 Å². The van der Waals surface area contributed by atoms with E-state index in [0.717, 1.165) is 25.7 Å². The minimum atomic E-state index is -0.0478. The Balaban J connectivity index is 2.43. The molecule has 1 aliphatic heterocycles. The summed E-state index contributed by atoms with van der Waals surface area (Å²) >= 11 is 0. The van der Waals surface area contributed by atoms with Crippen molar-refractivity contribution >= 4 is 5.97 Å². The number of esters is 1. The molecular formula is C9H17NO2. The minimum absolute atomic E-state index is 0.00204. The lowest BCUT2D eigenvalue weighted by Gasteiger charge is -2.25. The van der Waals surface area contributed by atoms with Gasteiger partial charge >= 0.3 is 5.97 Å². The van der Waals surface area contributed by atoms with Crippen LogP contribution >= 0.6 is 0 Å². The van der Waals surface area contributed by atoms with E-state index in [4.69, 9.17) is 4.74 Å². The molecule has 1 unspecified atom stereocenters. The molecule has 1 rings (SSSR count). The lowest BCUT2D eigenvalue weighted by atomic mass is 10.1. The van der Waals surface area contributed by atoms with E-state index in [2.05, 4.69) is 0 Å². The molecule has 0 amide bonds.